The molecule has 1 aliphatic heterocycles. The quantitative estimate of drug-likeness (QED) is 0.181. The third-order valence-electron chi connectivity index (χ3n) is 6.08. The Bertz CT molecular complexity index is 1340. The Labute approximate surface area is 231 Å². The Morgan fingerprint density at radius 3 is 2.08 bits per heavy atom. The van der Waals surface area contributed by atoms with Crippen LogP contribution in [0.15, 0.2) is 54.0 Å². The van der Waals surface area contributed by atoms with E-state index < -0.39 is 45.8 Å². The highest BCUT2D eigenvalue weighted by Crippen LogP contribution is 2.36. The van der Waals surface area contributed by atoms with Gasteiger partial charge in [-0.05, 0) is 35.4 Å². The molecule has 4 N–H and O–H groups in total. The van der Waals surface area contributed by atoms with Gasteiger partial charge in [-0.15, -0.1) is 0 Å². The molecule has 1 amide bonds. The van der Waals surface area contributed by atoms with Crippen LogP contribution in [0.1, 0.15) is 22.3 Å². The Hall–Kier alpha value is -3.17. The lowest BCUT2D eigenvalue weighted by molar-refractivity contribution is -0.143. The maximum atomic E-state index is 13.4. The first-order chi connectivity index (χ1) is 18.5. The highest BCUT2D eigenvalue weighted by molar-refractivity contribution is 7.91. The van der Waals surface area contributed by atoms with Crippen molar-refractivity contribution >= 4 is 27.3 Å². The summed E-state index contributed by atoms with van der Waals surface area (Å²) in [5.41, 5.74) is -0.809. The number of carbonyl (C=O) groups is 1. The molecule has 0 aliphatic carbocycles. The molecule has 1 saturated heterocycles. The second-order valence-electron chi connectivity index (χ2n) is 9.03. The first-order valence-electron chi connectivity index (χ1n) is 11.7. The molecule has 0 bridgehead atoms. The van der Waals surface area contributed by atoms with Gasteiger partial charge in [0.25, 0.3) is 5.91 Å². The van der Waals surface area contributed by atoms with Gasteiger partial charge in [0.1, 0.15) is 5.82 Å². The first kappa shape index (κ1) is 31.4. The van der Waals surface area contributed by atoms with Crippen LogP contribution in [0.2, 0.25) is 5.02 Å². The first-order valence-corrected chi connectivity index (χ1v) is 13.9. The van der Waals surface area contributed by atoms with Crippen LogP contribution < -0.4 is 16.6 Å². The van der Waals surface area contributed by atoms with Crippen LogP contribution in [0.4, 0.5) is 26.3 Å². The fraction of sp³-hybridized carbons (Fsp3) is 0.375. The monoisotopic (exact) mass is 613 g/mol. The zero-order chi connectivity index (χ0) is 29.9. The van der Waals surface area contributed by atoms with E-state index in [4.69, 9.17) is 17.4 Å². The van der Waals surface area contributed by atoms with Gasteiger partial charge in [0.15, 0.2) is 15.5 Å². The molecule has 1 heterocycles. The minimum atomic E-state index is -5.04. The second-order valence-corrected chi connectivity index (χ2v) is 11.7. The molecule has 16 heteroatoms. The number of hydrogen-bond acceptors (Lipinski definition) is 7. The van der Waals surface area contributed by atoms with Crippen molar-refractivity contribution in [2.45, 2.75) is 25.4 Å². The number of amides is 1. The lowest BCUT2D eigenvalue weighted by Crippen LogP contribution is -2.47. The van der Waals surface area contributed by atoms with Crippen molar-refractivity contribution < 1.29 is 39.6 Å². The SMILES string of the molecule is CN(Cc1ccccc1Cl)C(=O)/C(NN)=C(/NCc1cc(C(F)(F)F)cc(C(F)(F)F)c1)N1CCS(=O)(=O)CC1. The summed E-state index contributed by atoms with van der Waals surface area (Å²) in [5.74, 6) is 4.30. The smallest absolute Gasteiger partial charge is 0.366 e. The lowest BCUT2D eigenvalue weighted by atomic mass is 10.0. The third kappa shape index (κ3) is 7.95. The molecule has 2 aromatic rings. The summed E-state index contributed by atoms with van der Waals surface area (Å²) in [6.07, 6.45) is -10.1. The van der Waals surface area contributed by atoms with E-state index in [1.54, 1.807) is 24.3 Å². The van der Waals surface area contributed by atoms with Crippen molar-refractivity contribution in [3.8, 4) is 0 Å². The molecule has 0 saturated carbocycles. The van der Waals surface area contributed by atoms with Crippen LogP contribution in [0.3, 0.4) is 0 Å². The van der Waals surface area contributed by atoms with Gasteiger partial charge < -0.3 is 20.5 Å². The van der Waals surface area contributed by atoms with E-state index in [1.807, 2.05) is 0 Å². The number of benzene rings is 2. The lowest BCUT2D eigenvalue weighted by Gasteiger charge is -2.33. The van der Waals surface area contributed by atoms with Gasteiger partial charge in [0.05, 0.1) is 22.6 Å². The van der Waals surface area contributed by atoms with Crippen LogP contribution in [-0.4, -0.2) is 55.8 Å². The zero-order valence-electron chi connectivity index (χ0n) is 21.0. The standard InChI is InChI=1S/C24H26ClF6N5O3S/c1-35(14-16-4-2-3-5-19(16)25)22(37)20(34-32)21(36-6-8-40(38,39)9-7-36)33-13-15-10-17(23(26,27)28)12-18(11-15)24(29,30)31/h2-5,10-12,33-34H,6-9,13-14,32H2,1H3/b21-20+. The molecule has 2 aromatic carbocycles. The maximum Gasteiger partial charge on any atom is 0.416 e. The number of hydrazine groups is 1. The van der Waals surface area contributed by atoms with E-state index in [0.29, 0.717) is 22.7 Å². The van der Waals surface area contributed by atoms with E-state index in [9.17, 15) is 39.6 Å². The van der Waals surface area contributed by atoms with Crippen LogP contribution in [0.5, 0.6) is 0 Å². The summed E-state index contributed by atoms with van der Waals surface area (Å²) in [6, 6.07) is 7.84. The number of likely N-dealkylation sites (N-methyl/N-ethyl adjacent to an activating group) is 1. The number of nitrogens with zero attached hydrogens (tertiary/aromatic N) is 2. The number of alkyl halides is 6. The summed E-state index contributed by atoms with van der Waals surface area (Å²) < 4.78 is 104. The van der Waals surface area contributed by atoms with Gasteiger partial charge in [0, 0.05) is 38.2 Å². The van der Waals surface area contributed by atoms with E-state index in [-0.39, 0.29) is 54.3 Å². The minimum absolute atomic E-state index is 0.00973. The largest absolute Gasteiger partial charge is 0.416 e. The van der Waals surface area contributed by atoms with Crippen molar-refractivity contribution in [3.05, 3.63) is 81.3 Å². The summed E-state index contributed by atoms with van der Waals surface area (Å²) in [7, 11) is -1.94. The average Bonchev–Trinajstić information content (AvgIpc) is 2.86. The van der Waals surface area contributed by atoms with Crippen LogP contribution in [0, 0.1) is 0 Å². The van der Waals surface area contributed by atoms with Gasteiger partial charge in [0.2, 0.25) is 0 Å². The number of carbonyl (C=O) groups excluding carboxylic acids is 1. The number of nitrogens with two attached hydrogens (primary N) is 1. The van der Waals surface area contributed by atoms with Crippen molar-refractivity contribution in [2.75, 3.05) is 31.6 Å². The molecule has 40 heavy (non-hydrogen) atoms. The summed E-state index contributed by atoms with van der Waals surface area (Å²) in [4.78, 5) is 16.1. The number of rotatable bonds is 8. The molecular weight excluding hydrogens is 588 g/mol. The Morgan fingerprint density at radius 1 is 1.02 bits per heavy atom. The second kappa shape index (κ2) is 12.1. The molecule has 1 aliphatic rings. The number of halogens is 7. The van der Waals surface area contributed by atoms with E-state index >= 15 is 0 Å². The molecule has 0 unspecified atom stereocenters. The Morgan fingerprint density at radius 2 is 1.57 bits per heavy atom. The summed E-state index contributed by atoms with van der Waals surface area (Å²) >= 11 is 6.18. The molecular formula is C24H26ClF6N5O3S. The molecule has 0 atom stereocenters. The molecule has 1 fully saturated rings. The van der Waals surface area contributed by atoms with Gasteiger partial charge >= 0.3 is 12.4 Å². The van der Waals surface area contributed by atoms with Crippen molar-refractivity contribution in [2.24, 2.45) is 5.84 Å². The normalized spacial score (nSPS) is 16.3. The number of sulfone groups is 1. The maximum absolute atomic E-state index is 13.4. The van der Waals surface area contributed by atoms with E-state index in [1.165, 1.54) is 16.8 Å². The Kier molecular flexibility index (Phi) is 9.52. The van der Waals surface area contributed by atoms with Gasteiger partial charge in [-0.3, -0.25) is 10.6 Å². The van der Waals surface area contributed by atoms with Crippen LogP contribution in [-0.2, 0) is 40.1 Å². The predicted octanol–water partition coefficient (Wildman–Crippen LogP) is 3.49. The van der Waals surface area contributed by atoms with Crippen LogP contribution >= 0.6 is 11.6 Å². The molecule has 3 rings (SSSR count). The predicted molar refractivity (Wildman–Crippen MR) is 136 cm³/mol. The van der Waals surface area contributed by atoms with Gasteiger partial charge in [-0.1, -0.05) is 29.8 Å². The molecule has 0 spiro atoms. The van der Waals surface area contributed by atoms with Gasteiger partial charge in [-0.2, -0.15) is 26.3 Å². The Balaban J connectivity index is 1.99. The molecule has 220 valence electrons. The molecule has 0 radical (unpaired) electrons. The summed E-state index contributed by atoms with van der Waals surface area (Å²) in [6.45, 7) is -0.742. The van der Waals surface area contributed by atoms with Crippen molar-refractivity contribution in [3.63, 3.8) is 0 Å². The van der Waals surface area contributed by atoms with E-state index in [0.717, 1.165) is 0 Å². The fourth-order valence-corrected chi connectivity index (χ4v) is 5.37. The van der Waals surface area contributed by atoms with Gasteiger partial charge in [-0.25, -0.2) is 8.42 Å². The topological polar surface area (TPSA) is 108 Å². The summed E-state index contributed by atoms with van der Waals surface area (Å²) in [5, 5.41) is 3.10. The van der Waals surface area contributed by atoms with Crippen LogP contribution in [0.25, 0.3) is 0 Å². The molecule has 0 aromatic heterocycles. The number of nitrogens with one attached hydrogen (secondary N) is 2. The highest BCUT2D eigenvalue weighted by atomic mass is 35.5. The third-order valence-corrected chi connectivity index (χ3v) is 8.05. The average molecular weight is 614 g/mol. The van der Waals surface area contributed by atoms with E-state index in [2.05, 4.69) is 10.7 Å². The highest BCUT2D eigenvalue weighted by Gasteiger charge is 2.37. The molecule has 8 nitrogen and oxygen atoms in total. The fourth-order valence-electron chi connectivity index (χ4n) is 3.98. The number of hydrogen-bond donors (Lipinski definition) is 3. The van der Waals surface area contributed by atoms with Crippen molar-refractivity contribution in [1.82, 2.24) is 20.5 Å². The zero-order valence-corrected chi connectivity index (χ0v) is 22.6. The minimum Gasteiger partial charge on any atom is -0.366 e. The van der Waals surface area contributed by atoms with Crippen molar-refractivity contribution in [1.29, 1.82) is 0 Å².